The van der Waals surface area contributed by atoms with Crippen LogP contribution < -0.4 is 0 Å². The van der Waals surface area contributed by atoms with Gasteiger partial charge in [-0.2, -0.15) is 0 Å². The molecule has 0 spiro atoms. The molecule has 0 aliphatic carbocycles. The Bertz CT molecular complexity index is 171. The lowest BCUT2D eigenvalue weighted by Gasteiger charge is -2.41. The zero-order chi connectivity index (χ0) is 10.7. The third-order valence-corrected chi connectivity index (χ3v) is 6.27. The van der Waals surface area contributed by atoms with Crippen molar-refractivity contribution in [1.29, 1.82) is 0 Å². The van der Waals surface area contributed by atoms with Crippen molar-refractivity contribution in [2.45, 2.75) is 45.3 Å². The molecule has 2 nitrogen and oxygen atoms in total. The van der Waals surface area contributed by atoms with Gasteiger partial charge in [0.2, 0.25) is 0 Å². The Kier molecular flexibility index (Phi) is 4.16. The van der Waals surface area contributed by atoms with E-state index in [9.17, 15) is 0 Å². The first-order chi connectivity index (χ1) is 6.54. The number of rotatable bonds is 6. The van der Waals surface area contributed by atoms with E-state index in [0.717, 1.165) is 13.2 Å². The van der Waals surface area contributed by atoms with Crippen molar-refractivity contribution in [2.75, 3.05) is 20.3 Å². The monoisotopic (exact) mass is 216 g/mol. The molecular formula is C11H24O2Si. The average Bonchev–Trinajstić information content (AvgIpc) is 2.10. The van der Waals surface area contributed by atoms with Gasteiger partial charge in [0, 0.05) is 12.5 Å². The van der Waals surface area contributed by atoms with Crippen molar-refractivity contribution in [1.82, 2.24) is 0 Å². The van der Waals surface area contributed by atoms with Crippen molar-refractivity contribution in [3.63, 3.8) is 0 Å². The topological polar surface area (TPSA) is 18.5 Å². The predicted molar refractivity (Wildman–Crippen MR) is 62.1 cm³/mol. The molecule has 3 heteroatoms. The van der Waals surface area contributed by atoms with Crippen molar-refractivity contribution in [2.24, 2.45) is 5.41 Å². The summed E-state index contributed by atoms with van der Waals surface area (Å²) in [7, 11) is 0.536. The summed E-state index contributed by atoms with van der Waals surface area (Å²) >= 11 is 0. The molecule has 84 valence electrons. The normalized spacial score (nSPS) is 20.6. The Hall–Kier alpha value is 0.137. The summed E-state index contributed by atoms with van der Waals surface area (Å²) in [6.45, 7) is 8.84. The summed E-state index contributed by atoms with van der Waals surface area (Å²) in [4.78, 5) is 0. The summed E-state index contributed by atoms with van der Waals surface area (Å²) in [6, 6.07) is 1.28. The van der Waals surface area contributed by atoms with Crippen LogP contribution in [0.4, 0.5) is 0 Å². The van der Waals surface area contributed by atoms with Crippen LogP contribution in [0.1, 0.15) is 26.2 Å². The van der Waals surface area contributed by atoms with Gasteiger partial charge in [0.1, 0.15) is 0 Å². The van der Waals surface area contributed by atoms with E-state index in [1.54, 1.807) is 0 Å². The molecular weight excluding hydrogens is 192 g/mol. The van der Waals surface area contributed by atoms with E-state index in [2.05, 4.69) is 20.0 Å². The quantitative estimate of drug-likeness (QED) is 0.635. The van der Waals surface area contributed by atoms with Crippen molar-refractivity contribution >= 4 is 8.32 Å². The first kappa shape index (κ1) is 12.2. The molecule has 0 aromatic rings. The third-order valence-electron chi connectivity index (χ3n) is 3.61. The largest absolute Gasteiger partial charge is 0.420 e. The van der Waals surface area contributed by atoms with E-state index in [4.69, 9.17) is 9.16 Å². The van der Waals surface area contributed by atoms with Crippen LogP contribution in [-0.2, 0) is 9.16 Å². The van der Waals surface area contributed by atoms with E-state index in [-0.39, 0.29) is 0 Å². The highest BCUT2D eigenvalue weighted by Crippen LogP contribution is 2.37. The molecule has 1 aliphatic rings. The SMILES string of the molecule is CCC1(CCC[Si](C)(C)OC)COC1. The highest BCUT2D eigenvalue weighted by atomic mass is 28.4. The van der Waals surface area contributed by atoms with Gasteiger partial charge < -0.3 is 9.16 Å². The van der Waals surface area contributed by atoms with Gasteiger partial charge in [0.05, 0.1) is 13.2 Å². The first-order valence-electron chi connectivity index (χ1n) is 5.66. The summed E-state index contributed by atoms with van der Waals surface area (Å²) in [5, 5.41) is 0. The molecule has 1 aliphatic heterocycles. The number of ether oxygens (including phenoxy) is 1. The lowest BCUT2D eigenvalue weighted by Crippen LogP contribution is -2.42. The van der Waals surface area contributed by atoms with E-state index >= 15 is 0 Å². The predicted octanol–water partition coefficient (Wildman–Crippen LogP) is 3.04. The molecule has 0 N–H and O–H groups in total. The Balaban J connectivity index is 2.20. The minimum absolute atomic E-state index is 0.526. The highest BCUT2D eigenvalue weighted by molar-refractivity contribution is 6.71. The van der Waals surface area contributed by atoms with E-state index < -0.39 is 8.32 Å². The second-order valence-corrected chi connectivity index (χ2v) is 9.59. The first-order valence-corrected chi connectivity index (χ1v) is 8.78. The molecule has 1 fully saturated rings. The second-order valence-electron chi connectivity index (χ2n) is 5.16. The lowest BCUT2D eigenvalue weighted by molar-refractivity contribution is -0.119. The van der Waals surface area contributed by atoms with Crippen LogP contribution in [0.15, 0.2) is 0 Å². The minimum atomic E-state index is -1.32. The standard InChI is InChI=1S/C11H24O2Si/c1-5-11(9-13-10-11)7-6-8-14(3,4)12-2/h5-10H2,1-4H3. The average molecular weight is 216 g/mol. The molecule has 1 heterocycles. The van der Waals surface area contributed by atoms with Crippen LogP contribution in [0.25, 0.3) is 0 Å². The molecule has 0 bridgehead atoms. The molecule has 0 amide bonds. The Morgan fingerprint density at radius 2 is 2.00 bits per heavy atom. The van der Waals surface area contributed by atoms with Crippen LogP contribution in [0.5, 0.6) is 0 Å². The van der Waals surface area contributed by atoms with E-state index in [1.807, 2.05) is 7.11 Å². The number of hydrogen-bond donors (Lipinski definition) is 0. The van der Waals surface area contributed by atoms with Crippen LogP contribution in [-0.4, -0.2) is 28.6 Å². The van der Waals surface area contributed by atoms with Gasteiger partial charge in [-0.1, -0.05) is 13.3 Å². The Morgan fingerprint density at radius 1 is 1.36 bits per heavy atom. The molecule has 1 rings (SSSR count). The van der Waals surface area contributed by atoms with Crippen LogP contribution in [0.2, 0.25) is 19.1 Å². The summed E-state index contributed by atoms with van der Waals surface area (Å²) in [5.74, 6) is 0. The molecule has 0 atom stereocenters. The van der Waals surface area contributed by atoms with Gasteiger partial charge >= 0.3 is 0 Å². The maximum Gasteiger partial charge on any atom is 0.186 e. The van der Waals surface area contributed by atoms with Crippen molar-refractivity contribution in [3.05, 3.63) is 0 Å². The van der Waals surface area contributed by atoms with Crippen molar-refractivity contribution < 1.29 is 9.16 Å². The number of hydrogen-bond acceptors (Lipinski definition) is 2. The smallest absolute Gasteiger partial charge is 0.186 e. The minimum Gasteiger partial charge on any atom is -0.420 e. The van der Waals surface area contributed by atoms with Gasteiger partial charge in [-0.05, 0) is 32.0 Å². The molecule has 0 aromatic carbocycles. The fourth-order valence-corrected chi connectivity index (χ4v) is 3.14. The maximum atomic E-state index is 5.55. The Morgan fingerprint density at radius 3 is 2.36 bits per heavy atom. The molecule has 0 aromatic heterocycles. The van der Waals surface area contributed by atoms with Gasteiger partial charge in [-0.25, -0.2) is 0 Å². The molecule has 0 radical (unpaired) electrons. The molecule has 14 heavy (non-hydrogen) atoms. The zero-order valence-corrected chi connectivity index (χ0v) is 11.1. The van der Waals surface area contributed by atoms with Gasteiger partial charge in [-0.3, -0.25) is 0 Å². The fraction of sp³-hybridized carbons (Fsp3) is 1.00. The molecule has 0 saturated carbocycles. The summed E-state index contributed by atoms with van der Waals surface area (Å²) < 4.78 is 10.9. The van der Waals surface area contributed by atoms with Crippen molar-refractivity contribution in [3.8, 4) is 0 Å². The third kappa shape index (κ3) is 3.07. The van der Waals surface area contributed by atoms with Gasteiger partial charge in [-0.15, -0.1) is 0 Å². The lowest BCUT2D eigenvalue weighted by atomic mass is 9.79. The van der Waals surface area contributed by atoms with E-state index in [0.29, 0.717) is 5.41 Å². The van der Waals surface area contributed by atoms with Gasteiger partial charge in [0.15, 0.2) is 8.32 Å². The highest BCUT2D eigenvalue weighted by Gasteiger charge is 2.36. The fourth-order valence-electron chi connectivity index (χ4n) is 1.91. The van der Waals surface area contributed by atoms with E-state index in [1.165, 1.54) is 25.3 Å². The maximum absolute atomic E-state index is 5.55. The Labute approximate surface area is 89.1 Å². The van der Waals surface area contributed by atoms with Gasteiger partial charge in [0.25, 0.3) is 0 Å². The van der Waals surface area contributed by atoms with Crippen LogP contribution in [0, 0.1) is 5.41 Å². The summed E-state index contributed by atoms with van der Waals surface area (Å²) in [5.41, 5.74) is 0.526. The zero-order valence-electron chi connectivity index (χ0n) is 10.1. The molecule has 0 unspecified atom stereocenters. The van der Waals surface area contributed by atoms with Crippen LogP contribution in [0.3, 0.4) is 0 Å². The van der Waals surface area contributed by atoms with Crippen LogP contribution >= 0.6 is 0 Å². The second kappa shape index (κ2) is 4.77. The summed E-state index contributed by atoms with van der Waals surface area (Å²) in [6.07, 6.45) is 3.90. The molecule has 1 saturated heterocycles.